The molecule has 0 fully saturated rings. The van der Waals surface area contributed by atoms with E-state index in [1.54, 1.807) is 32.0 Å². The fraction of sp³-hybridized carbons (Fsp3) is 0.308. The van der Waals surface area contributed by atoms with E-state index in [-0.39, 0.29) is 18.0 Å². The Morgan fingerprint density at radius 1 is 1.38 bits per heavy atom. The maximum atomic E-state index is 12.5. The zero-order valence-corrected chi connectivity index (χ0v) is 14.1. The molecule has 0 aliphatic carbocycles. The summed E-state index contributed by atoms with van der Waals surface area (Å²) in [5, 5.41) is 13.1. The van der Waals surface area contributed by atoms with E-state index < -0.39 is 10.0 Å². The van der Waals surface area contributed by atoms with Crippen molar-refractivity contribution in [2.24, 2.45) is 0 Å². The number of nitrogens with one attached hydrogen (secondary N) is 1. The number of sulfonamides is 1. The number of aliphatic hydroxyl groups excluding tert-OH is 1. The predicted octanol–water partition coefficient (Wildman–Crippen LogP) is 2.06. The van der Waals surface area contributed by atoms with Crippen molar-refractivity contribution in [1.29, 1.82) is 0 Å². The molecule has 2 rings (SSSR count). The Hall–Kier alpha value is -1.38. The minimum atomic E-state index is -3.72. The number of halogens is 1. The normalized spacial score (nSPS) is 11.6. The van der Waals surface area contributed by atoms with Gasteiger partial charge in [-0.05, 0) is 32.0 Å². The van der Waals surface area contributed by atoms with Crippen LogP contribution in [-0.4, -0.2) is 29.9 Å². The molecule has 0 saturated carbocycles. The van der Waals surface area contributed by atoms with Crippen LogP contribution in [0.4, 0.5) is 5.69 Å². The van der Waals surface area contributed by atoms with Crippen molar-refractivity contribution in [1.82, 2.24) is 9.78 Å². The molecular formula is C13H16BrN3O3S. The van der Waals surface area contributed by atoms with E-state index in [4.69, 9.17) is 5.11 Å². The van der Waals surface area contributed by atoms with Gasteiger partial charge >= 0.3 is 0 Å². The average Bonchev–Trinajstić information content (AvgIpc) is 2.64. The van der Waals surface area contributed by atoms with Gasteiger partial charge in [-0.25, -0.2) is 8.42 Å². The second-order valence-corrected chi connectivity index (χ2v) is 7.10. The summed E-state index contributed by atoms with van der Waals surface area (Å²) >= 11 is 3.30. The van der Waals surface area contributed by atoms with E-state index in [2.05, 4.69) is 25.8 Å². The van der Waals surface area contributed by atoms with Gasteiger partial charge < -0.3 is 5.11 Å². The summed E-state index contributed by atoms with van der Waals surface area (Å²) in [7, 11) is -3.72. The molecule has 2 aromatic rings. The van der Waals surface area contributed by atoms with Gasteiger partial charge in [-0.2, -0.15) is 5.10 Å². The molecule has 0 aliphatic heterocycles. The second kappa shape index (κ2) is 6.17. The van der Waals surface area contributed by atoms with Crippen LogP contribution in [0.5, 0.6) is 0 Å². The number of aryl methyl sites for hydroxylation is 1. The molecular weight excluding hydrogens is 358 g/mol. The quantitative estimate of drug-likeness (QED) is 0.839. The van der Waals surface area contributed by atoms with Crippen molar-refractivity contribution in [3.63, 3.8) is 0 Å². The summed E-state index contributed by atoms with van der Waals surface area (Å²) in [5.74, 6) is 0. The van der Waals surface area contributed by atoms with Gasteiger partial charge in [0.15, 0.2) is 0 Å². The van der Waals surface area contributed by atoms with Crippen LogP contribution in [0.15, 0.2) is 33.6 Å². The molecule has 0 amide bonds. The maximum Gasteiger partial charge on any atom is 0.265 e. The molecule has 0 bridgehead atoms. The first-order chi connectivity index (χ1) is 9.85. The van der Waals surface area contributed by atoms with Gasteiger partial charge in [0.25, 0.3) is 10.0 Å². The average molecular weight is 374 g/mol. The van der Waals surface area contributed by atoms with Crippen LogP contribution in [-0.2, 0) is 16.6 Å². The van der Waals surface area contributed by atoms with Crippen LogP contribution >= 0.6 is 15.9 Å². The SMILES string of the molecule is Cc1nn(CCO)c(C)c1S(=O)(=O)Nc1cccc(Br)c1. The second-order valence-electron chi connectivity index (χ2n) is 4.56. The van der Waals surface area contributed by atoms with Gasteiger partial charge in [0.05, 0.1) is 24.5 Å². The summed E-state index contributed by atoms with van der Waals surface area (Å²) in [5.41, 5.74) is 1.38. The molecule has 0 radical (unpaired) electrons. The number of aromatic nitrogens is 2. The molecule has 6 nitrogen and oxygen atoms in total. The first kappa shape index (κ1) is 16.0. The van der Waals surface area contributed by atoms with Crippen LogP contribution in [0.25, 0.3) is 0 Å². The largest absolute Gasteiger partial charge is 0.394 e. The van der Waals surface area contributed by atoms with E-state index in [1.165, 1.54) is 4.68 Å². The Kier molecular flexibility index (Phi) is 4.70. The molecule has 2 N–H and O–H groups in total. The van der Waals surface area contributed by atoms with Crippen LogP contribution in [0.1, 0.15) is 11.4 Å². The van der Waals surface area contributed by atoms with Crippen molar-refractivity contribution in [2.45, 2.75) is 25.3 Å². The smallest absolute Gasteiger partial charge is 0.265 e. The molecule has 0 unspecified atom stereocenters. The maximum absolute atomic E-state index is 12.5. The highest BCUT2D eigenvalue weighted by atomic mass is 79.9. The fourth-order valence-electron chi connectivity index (χ4n) is 2.14. The lowest BCUT2D eigenvalue weighted by molar-refractivity contribution is 0.267. The number of hydrogen-bond donors (Lipinski definition) is 2. The van der Waals surface area contributed by atoms with Gasteiger partial charge in [-0.1, -0.05) is 22.0 Å². The molecule has 8 heteroatoms. The third-order valence-electron chi connectivity index (χ3n) is 2.97. The lowest BCUT2D eigenvalue weighted by Crippen LogP contribution is -2.15. The van der Waals surface area contributed by atoms with E-state index >= 15 is 0 Å². The van der Waals surface area contributed by atoms with E-state index in [9.17, 15) is 8.42 Å². The zero-order chi connectivity index (χ0) is 15.6. The van der Waals surface area contributed by atoms with E-state index in [1.807, 2.05) is 6.07 Å². The fourth-order valence-corrected chi connectivity index (χ4v) is 4.00. The highest BCUT2D eigenvalue weighted by Crippen LogP contribution is 2.24. The third-order valence-corrected chi connectivity index (χ3v) is 5.10. The van der Waals surface area contributed by atoms with E-state index in [0.717, 1.165) is 4.47 Å². The number of anilines is 1. The lowest BCUT2D eigenvalue weighted by Gasteiger charge is -2.09. The van der Waals surface area contributed by atoms with Gasteiger partial charge in [0.2, 0.25) is 0 Å². The Morgan fingerprint density at radius 3 is 2.71 bits per heavy atom. The molecule has 0 saturated heterocycles. The van der Waals surface area contributed by atoms with Crippen LogP contribution in [0, 0.1) is 13.8 Å². The molecule has 0 spiro atoms. The summed E-state index contributed by atoms with van der Waals surface area (Å²) in [6.07, 6.45) is 0. The summed E-state index contributed by atoms with van der Waals surface area (Å²) < 4.78 is 29.9. The first-order valence-electron chi connectivity index (χ1n) is 6.28. The molecule has 114 valence electrons. The molecule has 21 heavy (non-hydrogen) atoms. The van der Waals surface area contributed by atoms with Crippen molar-refractivity contribution < 1.29 is 13.5 Å². The summed E-state index contributed by atoms with van der Waals surface area (Å²) in [6.45, 7) is 3.47. The van der Waals surface area contributed by atoms with Gasteiger partial charge in [-0.15, -0.1) is 0 Å². The van der Waals surface area contributed by atoms with Crippen LogP contribution in [0.2, 0.25) is 0 Å². The number of rotatable bonds is 5. The standard InChI is InChI=1S/C13H16BrN3O3S/c1-9-13(10(2)17(15-9)6-7-18)21(19,20)16-12-5-3-4-11(14)8-12/h3-5,8,16,18H,6-7H2,1-2H3. The van der Waals surface area contributed by atoms with Crippen molar-refractivity contribution in [2.75, 3.05) is 11.3 Å². The highest BCUT2D eigenvalue weighted by molar-refractivity contribution is 9.10. The number of aliphatic hydroxyl groups is 1. The topological polar surface area (TPSA) is 84.2 Å². The van der Waals surface area contributed by atoms with E-state index in [0.29, 0.717) is 17.1 Å². The Bertz CT molecular complexity index is 756. The number of hydrogen-bond acceptors (Lipinski definition) is 4. The lowest BCUT2D eigenvalue weighted by atomic mass is 10.3. The molecule has 1 aromatic heterocycles. The third kappa shape index (κ3) is 3.45. The Balaban J connectivity index is 2.40. The van der Waals surface area contributed by atoms with Gasteiger partial charge in [0.1, 0.15) is 4.90 Å². The highest BCUT2D eigenvalue weighted by Gasteiger charge is 2.24. The molecule has 0 aliphatic rings. The van der Waals surface area contributed by atoms with Crippen LogP contribution in [0.3, 0.4) is 0 Å². The number of nitrogens with zero attached hydrogens (tertiary/aromatic N) is 2. The van der Waals surface area contributed by atoms with Gasteiger partial charge in [-0.3, -0.25) is 9.40 Å². The monoisotopic (exact) mass is 373 g/mol. The van der Waals surface area contributed by atoms with Crippen molar-refractivity contribution in [3.8, 4) is 0 Å². The summed E-state index contributed by atoms with van der Waals surface area (Å²) in [4.78, 5) is 0.149. The molecule has 1 heterocycles. The zero-order valence-electron chi connectivity index (χ0n) is 11.7. The minimum absolute atomic E-state index is 0.0967. The van der Waals surface area contributed by atoms with Crippen LogP contribution < -0.4 is 4.72 Å². The predicted molar refractivity (Wildman–Crippen MR) is 83.7 cm³/mol. The van der Waals surface area contributed by atoms with Crippen molar-refractivity contribution in [3.05, 3.63) is 40.1 Å². The number of benzene rings is 1. The summed E-state index contributed by atoms with van der Waals surface area (Å²) in [6, 6.07) is 6.91. The van der Waals surface area contributed by atoms with Crippen molar-refractivity contribution >= 4 is 31.6 Å². The Morgan fingerprint density at radius 2 is 2.10 bits per heavy atom. The molecule has 1 aromatic carbocycles. The van der Waals surface area contributed by atoms with Gasteiger partial charge in [0, 0.05) is 10.2 Å². The first-order valence-corrected chi connectivity index (χ1v) is 8.56. The molecule has 0 atom stereocenters. The minimum Gasteiger partial charge on any atom is -0.394 e. The Labute approximate surface area is 132 Å².